The molecule has 0 aromatic rings. The number of nitrogens with zero attached hydrogens (tertiary/aromatic N) is 1. The van der Waals surface area contributed by atoms with Crippen LogP contribution >= 0.6 is 22.6 Å². The van der Waals surface area contributed by atoms with Crippen LogP contribution in [-0.2, 0) is 0 Å². The Bertz CT molecular complexity index is 242. The van der Waals surface area contributed by atoms with Crippen molar-refractivity contribution in [2.24, 2.45) is 5.92 Å². The quantitative estimate of drug-likeness (QED) is 0.350. The molecule has 3 nitrogen and oxygen atoms in total. The molecule has 2 unspecified atom stereocenters. The Hall–Kier alpha value is 0.350. The first kappa shape index (κ1) is 16.4. The minimum atomic E-state index is 0. The molecule has 2 rings (SSSR count). The van der Waals surface area contributed by atoms with E-state index in [1.54, 1.807) is 0 Å². The Balaban J connectivity index is 0.00000162. The van der Waals surface area contributed by atoms with E-state index >= 15 is 0 Å². The van der Waals surface area contributed by atoms with Gasteiger partial charge >= 0.3 is 0 Å². The van der Waals surface area contributed by atoms with Crippen LogP contribution in [0.5, 0.6) is 0 Å². The van der Waals surface area contributed by atoms with Crippen molar-refractivity contribution in [3.63, 3.8) is 0 Å². The van der Waals surface area contributed by atoms with Gasteiger partial charge in [0.05, 0.1) is 0 Å². The number of allylic oxidation sites excluding steroid dienone is 1. The fraction of sp³-hybridized carbons (Fsp3) is 0.857. The molecule has 106 valence electrons. The molecule has 1 aliphatic heterocycles. The maximum absolute atomic E-state index is 3.62. The van der Waals surface area contributed by atoms with E-state index in [-0.39, 0.29) is 5.48 Å². The summed E-state index contributed by atoms with van der Waals surface area (Å²) in [7, 11) is 0. The number of alkyl halides is 1. The average molecular weight is 366 g/mol. The van der Waals surface area contributed by atoms with Gasteiger partial charge in [-0.3, -0.25) is 0 Å². The molecule has 0 saturated carbocycles. The van der Waals surface area contributed by atoms with E-state index in [1.807, 2.05) is 0 Å². The minimum absolute atomic E-state index is 0. The standard InChI is InChI=1S/C14H25IN2.H2O/c15-14-6-4-13(5-7-14)12-16-8-11-17-9-2-1-3-10-17;/h4,6,13-14,16H,1-3,5,7-12H2;1H2. The first-order chi connectivity index (χ1) is 8.34. The Morgan fingerprint density at radius 1 is 1.11 bits per heavy atom. The van der Waals surface area contributed by atoms with Gasteiger partial charge < -0.3 is 15.7 Å². The summed E-state index contributed by atoms with van der Waals surface area (Å²) in [5.74, 6) is 0.780. The molecule has 3 N–H and O–H groups in total. The van der Waals surface area contributed by atoms with E-state index in [4.69, 9.17) is 0 Å². The summed E-state index contributed by atoms with van der Waals surface area (Å²) in [6, 6.07) is 0. The number of likely N-dealkylation sites (tertiary alicyclic amines) is 1. The lowest BCUT2D eigenvalue weighted by atomic mass is 9.96. The lowest BCUT2D eigenvalue weighted by molar-refractivity contribution is 0.228. The lowest BCUT2D eigenvalue weighted by Crippen LogP contribution is -2.37. The van der Waals surface area contributed by atoms with E-state index in [0.717, 1.165) is 16.4 Å². The van der Waals surface area contributed by atoms with Gasteiger partial charge in [-0.15, -0.1) is 0 Å². The molecule has 4 heteroatoms. The van der Waals surface area contributed by atoms with Gasteiger partial charge in [0.15, 0.2) is 0 Å². The zero-order valence-corrected chi connectivity index (χ0v) is 13.4. The van der Waals surface area contributed by atoms with Crippen LogP contribution in [0.1, 0.15) is 32.1 Å². The second-order valence-electron chi connectivity index (χ2n) is 5.34. The van der Waals surface area contributed by atoms with Gasteiger partial charge in [-0.25, -0.2) is 0 Å². The summed E-state index contributed by atoms with van der Waals surface area (Å²) in [5, 5.41) is 3.62. The zero-order valence-electron chi connectivity index (χ0n) is 11.2. The predicted molar refractivity (Wildman–Crippen MR) is 86.4 cm³/mol. The van der Waals surface area contributed by atoms with Crippen LogP contribution in [0.4, 0.5) is 0 Å². The lowest BCUT2D eigenvalue weighted by Gasteiger charge is -2.27. The van der Waals surface area contributed by atoms with Crippen LogP contribution in [0.2, 0.25) is 0 Å². The van der Waals surface area contributed by atoms with Crippen LogP contribution < -0.4 is 5.32 Å². The fourth-order valence-electron chi connectivity index (χ4n) is 2.72. The second kappa shape index (κ2) is 9.28. The first-order valence-electron chi connectivity index (χ1n) is 7.10. The van der Waals surface area contributed by atoms with Gasteiger partial charge in [-0.05, 0) is 44.7 Å². The molecule has 2 atom stereocenters. The number of rotatable bonds is 5. The molecule has 1 fully saturated rings. The summed E-state index contributed by atoms with van der Waals surface area (Å²) >= 11 is 2.53. The second-order valence-corrected chi connectivity index (χ2v) is 6.94. The molecule has 1 saturated heterocycles. The highest BCUT2D eigenvalue weighted by molar-refractivity contribution is 14.1. The van der Waals surface area contributed by atoms with Crippen LogP contribution in [-0.4, -0.2) is 47.0 Å². The molecule has 2 aliphatic rings. The normalized spacial score (nSPS) is 28.9. The average Bonchev–Trinajstić information content (AvgIpc) is 2.38. The van der Waals surface area contributed by atoms with Crippen molar-refractivity contribution in [2.75, 3.05) is 32.7 Å². The predicted octanol–water partition coefficient (Wildman–Crippen LogP) is 2.01. The summed E-state index contributed by atoms with van der Waals surface area (Å²) in [6.07, 6.45) is 11.8. The highest BCUT2D eigenvalue weighted by atomic mass is 127. The molecule has 0 spiro atoms. The van der Waals surface area contributed by atoms with Crippen molar-refractivity contribution in [1.82, 2.24) is 10.2 Å². The first-order valence-corrected chi connectivity index (χ1v) is 8.34. The molecule has 0 amide bonds. The fourth-order valence-corrected chi connectivity index (χ4v) is 3.32. The Labute approximate surface area is 125 Å². The monoisotopic (exact) mass is 366 g/mol. The van der Waals surface area contributed by atoms with Crippen molar-refractivity contribution >= 4 is 22.6 Å². The topological polar surface area (TPSA) is 46.8 Å². The largest absolute Gasteiger partial charge is 0.412 e. The Morgan fingerprint density at radius 2 is 1.89 bits per heavy atom. The van der Waals surface area contributed by atoms with E-state index in [2.05, 4.69) is 45.0 Å². The van der Waals surface area contributed by atoms with E-state index < -0.39 is 0 Å². The van der Waals surface area contributed by atoms with Crippen LogP contribution in [0.3, 0.4) is 0 Å². The molecular weight excluding hydrogens is 339 g/mol. The molecule has 0 aromatic carbocycles. The van der Waals surface area contributed by atoms with Crippen molar-refractivity contribution < 1.29 is 5.48 Å². The molecule has 1 aliphatic carbocycles. The minimum Gasteiger partial charge on any atom is -0.412 e. The Morgan fingerprint density at radius 3 is 2.56 bits per heavy atom. The molecule has 18 heavy (non-hydrogen) atoms. The number of halogens is 1. The zero-order chi connectivity index (χ0) is 11.9. The summed E-state index contributed by atoms with van der Waals surface area (Å²) in [4.78, 5) is 2.61. The van der Waals surface area contributed by atoms with Crippen LogP contribution in [0.15, 0.2) is 12.2 Å². The molecule has 1 heterocycles. The highest BCUT2D eigenvalue weighted by Gasteiger charge is 2.13. The molecule has 0 aromatic heterocycles. The third-order valence-corrected chi connectivity index (χ3v) is 4.90. The summed E-state index contributed by atoms with van der Waals surface area (Å²) < 4.78 is 0.775. The van der Waals surface area contributed by atoms with Crippen LogP contribution in [0, 0.1) is 5.92 Å². The molecule has 0 bridgehead atoms. The Kier molecular flexibility index (Phi) is 8.46. The van der Waals surface area contributed by atoms with Gasteiger partial charge in [0.25, 0.3) is 0 Å². The van der Waals surface area contributed by atoms with Crippen molar-refractivity contribution in [3.05, 3.63) is 12.2 Å². The van der Waals surface area contributed by atoms with Gasteiger partial charge in [-0.1, -0.05) is 41.2 Å². The third-order valence-electron chi connectivity index (χ3n) is 3.87. The summed E-state index contributed by atoms with van der Waals surface area (Å²) in [6.45, 7) is 6.22. The molecular formula is C14H27IN2O. The van der Waals surface area contributed by atoms with Gasteiger partial charge in [0.1, 0.15) is 0 Å². The number of piperidine rings is 1. The maximum Gasteiger partial charge on any atom is 0.0289 e. The van der Waals surface area contributed by atoms with E-state index in [1.165, 1.54) is 58.3 Å². The van der Waals surface area contributed by atoms with Gasteiger partial charge in [0.2, 0.25) is 0 Å². The van der Waals surface area contributed by atoms with Crippen molar-refractivity contribution in [1.29, 1.82) is 0 Å². The van der Waals surface area contributed by atoms with Gasteiger partial charge in [-0.2, -0.15) is 0 Å². The van der Waals surface area contributed by atoms with Gasteiger partial charge in [0, 0.05) is 23.6 Å². The van der Waals surface area contributed by atoms with Crippen molar-refractivity contribution in [2.45, 2.75) is 36.0 Å². The van der Waals surface area contributed by atoms with Crippen molar-refractivity contribution in [3.8, 4) is 0 Å². The van der Waals surface area contributed by atoms with E-state index in [0.29, 0.717) is 0 Å². The highest BCUT2D eigenvalue weighted by Crippen LogP contribution is 2.22. The molecule has 0 radical (unpaired) electrons. The summed E-state index contributed by atoms with van der Waals surface area (Å²) in [5.41, 5.74) is 0. The number of hydrogen-bond donors (Lipinski definition) is 1. The van der Waals surface area contributed by atoms with E-state index in [9.17, 15) is 0 Å². The number of hydrogen-bond acceptors (Lipinski definition) is 2. The van der Waals surface area contributed by atoms with Crippen LogP contribution in [0.25, 0.3) is 0 Å². The maximum atomic E-state index is 3.62. The third kappa shape index (κ3) is 5.99. The number of nitrogens with one attached hydrogen (secondary N) is 1. The SMILES string of the molecule is IC1C=CC(CNCCN2CCCCC2)CC1.O. The smallest absolute Gasteiger partial charge is 0.0289 e.